The van der Waals surface area contributed by atoms with Crippen LogP contribution in [0.1, 0.15) is 28.8 Å². The molecule has 2 aliphatic heterocycles. The van der Waals surface area contributed by atoms with E-state index in [1.165, 1.54) is 4.90 Å². The highest BCUT2D eigenvalue weighted by Gasteiger charge is 2.39. The molecule has 0 unspecified atom stereocenters. The lowest BCUT2D eigenvalue weighted by Crippen LogP contribution is -2.52. The zero-order chi connectivity index (χ0) is 16.6. The number of fused-ring (bicyclic) bond motifs is 1. The van der Waals surface area contributed by atoms with Gasteiger partial charge in [0.1, 0.15) is 12.6 Å². The van der Waals surface area contributed by atoms with E-state index in [4.69, 9.17) is 5.11 Å². The number of piperidine rings is 1. The van der Waals surface area contributed by atoms with Gasteiger partial charge < -0.3 is 15.3 Å². The van der Waals surface area contributed by atoms with E-state index in [9.17, 15) is 19.2 Å². The summed E-state index contributed by atoms with van der Waals surface area (Å²) in [5.41, 5.74) is 1.68. The first-order valence-corrected chi connectivity index (χ1v) is 7.19. The van der Waals surface area contributed by atoms with Crippen LogP contribution in [0.2, 0.25) is 0 Å². The number of carbonyl (C=O) groups is 4. The Morgan fingerprint density at radius 3 is 2.83 bits per heavy atom. The van der Waals surface area contributed by atoms with E-state index in [1.54, 1.807) is 18.2 Å². The first-order valence-electron chi connectivity index (χ1n) is 7.19. The summed E-state index contributed by atoms with van der Waals surface area (Å²) >= 11 is 0. The van der Waals surface area contributed by atoms with Crippen molar-refractivity contribution < 1.29 is 24.3 Å². The molecule has 3 amide bonds. The summed E-state index contributed by atoms with van der Waals surface area (Å²) in [4.78, 5) is 47.9. The third kappa shape index (κ3) is 2.75. The summed E-state index contributed by atoms with van der Waals surface area (Å²) in [5.74, 6) is -2.09. The van der Waals surface area contributed by atoms with E-state index >= 15 is 0 Å². The average Bonchev–Trinajstić information content (AvgIpc) is 2.83. The molecule has 0 saturated carbocycles. The molecule has 8 heteroatoms. The van der Waals surface area contributed by atoms with Crippen LogP contribution in [-0.2, 0) is 20.9 Å². The van der Waals surface area contributed by atoms with E-state index < -0.39 is 17.9 Å². The van der Waals surface area contributed by atoms with Gasteiger partial charge in [0.25, 0.3) is 5.91 Å². The normalized spacial score (nSPS) is 20.3. The topological polar surface area (TPSA) is 116 Å². The molecule has 120 valence electrons. The second-order valence-electron chi connectivity index (χ2n) is 5.48. The molecule has 3 rings (SSSR count). The van der Waals surface area contributed by atoms with Crippen LogP contribution in [-0.4, -0.2) is 46.3 Å². The van der Waals surface area contributed by atoms with E-state index in [2.05, 4.69) is 10.6 Å². The Labute approximate surface area is 131 Å². The number of carboxylic acids is 1. The highest BCUT2D eigenvalue weighted by atomic mass is 16.4. The van der Waals surface area contributed by atoms with E-state index in [-0.39, 0.29) is 31.3 Å². The largest absolute Gasteiger partial charge is 0.480 e. The Bertz CT molecular complexity index is 715. The van der Waals surface area contributed by atoms with Crippen molar-refractivity contribution in [2.24, 2.45) is 0 Å². The molecule has 2 heterocycles. The maximum absolute atomic E-state index is 12.5. The highest BCUT2D eigenvalue weighted by Crippen LogP contribution is 2.32. The van der Waals surface area contributed by atoms with E-state index in [1.807, 2.05) is 0 Å². The number of nitrogens with zero attached hydrogens (tertiary/aromatic N) is 1. The lowest BCUT2D eigenvalue weighted by atomic mass is 10.0. The maximum atomic E-state index is 12.5. The molecule has 1 fully saturated rings. The molecule has 2 aliphatic rings. The van der Waals surface area contributed by atoms with Crippen LogP contribution < -0.4 is 10.6 Å². The fourth-order valence-corrected chi connectivity index (χ4v) is 2.92. The number of imide groups is 1. The second-order valence-corrected chi connectivity index (χ2v) is 5.48. The van der Waals surface area contributed by atoms with Crippen molar-refractivity contribution in [2.75, 3.05) is 11.9 Å². The monoisotopic (exact) mass is 317 g/mol. The molecular weight excluding hydrogens is 302 g/mol. The fraction of sp³-hybridized carbons (Fsp3) is 0.333. The molecule has 0 radical (unpaired) electrons. The molecule has 1 aromatic carbocycles. The molecule has 0 bridgehead atoms. The van der Waals surface area contributed by atoms with Crippen molar-refractivity contribution in [3.63, 3.8) is 0 Å². The smallest absolute Gasteiger partial charge is 0.322 e. The minimum atomic E-state index is -1.01. The molecule has 3 N–H and O–H groups in total. The number of hydrogen-bond donors (Lipinski definition) is 3. The summed E-state index contributed by atoms with van der Waals surface area (Å²) in [7, 11) is 0. The molecule has 0 aliphatic carbocycles. The summed E-state index contributed by atoms with van der Waals surface area (Å²) in [6.07, 6.45) is 0.489. The van der Waals surface area contributed by atoms with Crippen LogP contribution in [0.5, 0.6) is 0 Å². The van der Waals surface area contributed by atoms with Crippen molar-refractivity contribution in [1.82, 2.24) is 10.2 Å². The number of amides is 3. The standard InChI is InChI=1S/C15H15N3O5/c19-12-5-4-11(14(22)17-12)18-7-9-8(15(18)23)2-1-3-10(9)16-6-13(20)21/h1-3,11,16H,4-7H2,(H,20,21)(H,17,19,22)/t11-/m0/s1. The average molecular weight is 317 g/mol. The SMILES string of the molecule is O=C(O)CNc1cccc2c1CN([C@H]1CCC(=O)NC1=O)C2=O. The summed E-state index contributed by atoms with van der Waals surface area (Å²) in [6.45, 7) is -0.0493. The summed E-state index contributed by atoms with van der Waals surface area (Å²) < 4.78 is 0. The zero-order valence-corrected chi connectivity index (χ0v) is 12.2. The lowest BCUT2D eigenvalue weighted by Gasteiger charge is -2.29. The van der Waals surface area contributed by atoms with Gasteiger partial charge in [-0.05, 0) is 18.6 Å². The Morgan fingerprint density at radius 2 is 2.13 bits per heavy atom. The molecule has 1 aromatic rings. The third-order valence-electron chi connectivity index (χ3n) is 4.01. The van der Waals surface area contributed by atoms with Gasteiger partial charge >= 0.3 is 5.97 Å². The predicted octanol–water partition coefficient (Wildman–Crippen LogP) is -0.0559. The number of benzene rings is 1. The van der Waals surface area contributed by atoms with Gasteiger partial charge in [-0.3, -0.25) is 24.5 Å². The Hall–Kier alpha value is -2.90. The molecule has 1 atom stereocenters. The van der Waals surface area contributed by atoms with Gasteiger partial charge in [-0.2, -0.15) is 0 Å². The number of rotatable bonds is 4. The van der Waals surface area contributed by atoms with Crippen LogP contribution in [0.25, 0.3) is 0 Å². The minimum Gasteiger partial charge on any atom is -0.480 e. The number of nitrogens with one attached hydrogen (secondary N) is 2. The van der Waals surface area contributed by atoms with Crippen molar-refractivity contribution in [1.29, 1.82) is 0 Å². The molecule has 0 aromatic heterocycles. The van der Waals surface area contributed by atoms with E-state index in [0.29, 0.717) is 23.2 Å². The van der Waals surface area contributed by atoms with Gasteiger partial charge in [-0.15, -0.1) is 0 Å². The predicted molar refractivity (Wildman–Crippen MR) is 78.6 cm³/mol. The fourth-order valence-electron chi connectivity index (χ4n) is 2.92. The second kappa shape index (κ2) is 5.71. The zero-order valence-electron chi connectivity index (χ0n) is 12.2. The number of hydrogen-bond acceptors (Lipinski definition) is 5. The summed E-state index contributed by atoms with van der Waals surface area (Å²) in [5, 5.41) is 13.8. The van der Waals surface area contributed by atoms with Gasteiger partial charge in [0.05, 0.1) is 0 Å². The lowest BCUT2D eigenvalue weighted by molar-refractivity contribution is -0.137. The Kier molecular flexibility index (Phi) is 3.73. The Balaban J connectivity index is 1.84. The molecular formula is C15H15N3O5. The van der Waals surface area contributed by atoms with Crippen molar-refractivity contribution in [3.05, 3.63) is 29.3 Å². The van der Waals surface area contributed by atoms with Gasteiger partial charge in [0.15, 0.2) is 0 Å². The van der Waals surface area contributed by atoms with Crippen LogP contribution in [0.3, 0.4) is 0 Å². The summed E-state index contributed by atoms with van der Waals surface area (Å²) in [6, 6.07) is 4.33. The van der Waals surface area contributed by atoms with Crippen molar-refractivity contribution in [2.45, 2.75) is 25.4 Å². The van der Waals surface area contributed by atoms with Gasteiger partial charge in [-0.25, -0.2) is 0 Å². The van der Waals surface area contributed by atoms with Gasteiger partial charge in [0, 0.05) is 29.8 Å². The van der Waals surface area contributed by atoms with Gasteiger partial charge in [0.2, 0.25) is 11.8 Å². The Morgan fingerprint density at radius 1 is 1.35 bits per heavy atom. The number of aliphatic carboxylic acids is 1. The van der Waals surface area contributed by atoms with Gasteiger partial charge in [-0.1, -0.05) is 6.07 Å². The van der Waals surface area contributed by atoms with Crippen LogP contribution in [0.15, 0.2) is 18.2 Å². The highest BCUT2D eigenvalue weighted by molar-refractivity contribution is 6.06. The first-order chi connectivity index (χ1) is 11.0. The van der Waals surface area contributed by atoms with E-state index in [0.717, 1.165) is 0 Å². The van der Waals surface area contributed by atoms with Crippen molar-refractivity contribution in [3.8, 4) is 0 Å². The quantitative estimate of drug-likeness (QED) is 0.670. The molecule has 8 nitrogen and oxygen atoms in total. The molecule has 1 saturated heterocycles. The third-order valence-corrected chi connectivity index (χ3v) is 4.01. The maximum Gasteiger partial charge on any atom is 0.322 e. The molecule has 0 spiro atoms. The number of anilines is 1. The van der Waals surface area contributed by atoms with Crippen molar-refractivity contribution >= 4 is 29.4 Å². The number of carbonyl (C=O) groups excluding carboxylic acids is 3. The first kappa shape index (κ1) is 15.0. The molecule has 23 heavy (non-hydrogen) atoms. The van der Waals surface area contributed by atoms with Crippen LogP contribution in [0.4, 0.5) is 5.69 Å². The minimum absolute atomic E-state index is 0.195. The van der Waals surface area contributed by atoms with Crippen LogP contribution in [0, 0.1) is 0 Å². The number of carboxylic acid groups (broad SMARTS) is 1. The van der Waals surface area contributed by atoms with Crippen LogP contribution >= 0.6 is 0 Å².